The Balaban J connectivity index is 2.01. The molecule has 1 N–H and O–H groups in total. The Morgan fingerprint density at radius 1 is 1.15 bits per heavy atom. The maximum atomic E-state index is 12.4. The van der Waals surface area contributed by atoms with Crippen LogP contribution >= 0.6 is 0 Å². The molecule has 0 aliphatic carbocycles. The lowest BCUT2D eigenvalue weighted by Gasteiger charge is -2.19. The van der Waals surface area contributed by atoms with Crippen LogP contribution < -0.4 is 10.1 Å². The molecule has 0 aliphatic rings. The minimum Gasteiger partial charge on any atom is -0.435 e. The second kappa shape index (κ2) is 8.92. The summed E-state index contributed by atoms with van der Waals surface area (Å²) in [4.78, 5) is 12.3. The molecule has 0 bridgehead atoms. The zero-order valence-corrected chi connectivity index (χ0v) is 15.6. The van der Waals surface area contributed by atoms with Gasteiger partial charge in [-0.1, -0.05) is 30.3 Å². The molecule has 9 heteroatoms. The van der Waals surface area contributed by atoms with E-state index in [1.165, 1.54) is 37.4 Å². The Labute approximate surface area is 156 Å². The Bertz CT molecular complexity index is 876. The lowest BCUT2D eigenvalue weighted by Crippen LogP contribution is -2.39. The summed E-state index contributed by atoms with van der Waals surface area (Å²) in [6.45, 7) is -1.66. The van der Waals surface area contributed by atoms with Crippen molar-refractivity contribution in [1.82, 2.24) is 9.62 Å². The number of nitrogens with zero attached hydrogens (tertiary/aromatic N) is 1. The van der Waals surface area contributed by atoms with Gasteiger partial charge in [0.15, 0.2) is 0 Å². The number of benzene rings is 2. The molecular formula is C18H20F2N2O4S. The molecular weight excluding hydrogens is 378 g/mol. The molecule has 1 unspecified atom stereocenters. The zero-order chi connectivity index (χ0) is 20.0. The fourth-order valence-corrected chi connectivity index (χ4v) is 3.54. The van der Waals surface area contributed by atoms with Crippen molar-refractivity contribution in [2.45, 2.75) is 24.5 Å². The van der Waals surface area contributed by atoms with E-state index in [2.05, 4.69) is 10.1 Å². The minimum atomic E-state index is -3.79. The van der Waals surface area contributed by atoms with Crippen molar-refractivity contribution in [3.05, 3.63) is 60.2 Å². The Hall–Kier alpha value is -2.52. The van der Waals surface area contributed by atoms with Gasteiger partial charge in [0.05, 0.1) is 17.5 Å². The van der Waals surface area contributed by atoms with E-state index in [1.54, 1.807) is 31.2 Å². The number of nitrogens with one attached hydrogen (secondary N) is 1. The molecule has 0 heterocycles. The molecule has 0 aliphatic heterocycles. The van der Waals surface area contributed by atoms with E-state index in [1.807, 2.05) is 0 Å². The van der Waals surface area contributed by atoms with Gasteiger partial charge in [0, 0.05) is 7.05 Å². The van der Waals surface area contributed by atoms with E-state index in [0.29, 0.717) is 5.56 Å². The average molecular weight is 398 g/mol. The molecule has 0 fully saturated rings. The highest BCUT2D eigenvalue weighted by molar-refractivity contribution is 7.89. The molecule has 0 radical (unpaired) electrons. The van der Waals surface area contributed by atoms with Gasteiger partial charge in [0.25, 0.3) is 0 Å². The van der Waals surface area contributed by atoms with Crippen molar-refractivity contribution in [2.75, 3.05) is 13.6 Å². The van der Waals surface area contributed by atoms with Gasteiger partial charge in [-0.15, -0.1) is 0 Å². The first-order valence-electron chi connectivity index (χ1n) is 8.05. The zero-order valence-electron chi connectivity index (χ0n) is 14.8. The first-order chi connectivity index (χ1) is 12.7. The number of hydrogen-bond acceptors (Lipinski definition) is 4. The second-order valence-corrected chi connectivity index (χ2v) is 7.86. The van der Waals surface area contributed by atoms with Crippen LogP contribution in [0.4, 0.5) is 8.78 Å². The minimum absolute atomic E-state index is 0.0210. The van der Waals surface area contributed by atoms with Crippen molar-refractivity contribution in [3.8, 4) is 5.75 Å². The highest BCUT2D eigenvalue weighted by atomic mass is 32.2. The number of alkyl halides is 2. The molecule has 2 aromatic carbocycles. The summed E-state index contributed by atoms with van der Waals surface area (Å²) in [5.41, 5.74) is 0.551. The van der Waals surface area contributed by atoms with E-state index >= 15 is 0 Å². The standard InChI is InChI=1S/C18H20F2N2O4S/c1-13(14-7-6-8-15(11-14)26-18(19)20)21-17(23)12-22(2)27(24,25)16-9-4-3-5-10-16/h3-11,13,18H,12H2,1-2H3,(H,21,23). The maximum Gasteiger partial charge on any atom is 0.387 e. The summed E-state index contributed by atoms with van der Waals surface area (Å²) in [7, 11) is -2.48. The van der Waals surface area contributed by atoms with Crippen molar-refractivity contribution in [2.24, 2.45) is 0 Å². The van der Waals surface area contributed by atoms with Crippen LogP contribution in [-0.2, 0) is 14.8 Å². The molecule has 0 spiro atoms. The molecule has 0 saturated heterocycles. The van der Waals surface area contributed by atoms with Crippen LogP contribution in [0.1, 0.15) is 18.5 Å². The smallest absolute Gasteiger partial charge is 0.387 e. The van der Waals surface area contributed by atoms with Gasteiger partial charge < -0.3 is 10.1 Å². The van der Waals surface area contributed by atoms with E-state index in [0.717, 1.165) is 4.31 Å². The van der Waals surface area contributed by atoms with Crippen LogP contribution in [-0.4, -0.2) is 38.8 Å². The molecule has 6 nitrogen and oxygen atoms in total. The quantitative estimate of drug-likeness (QED) is 0.742. The molecule has 146 valence electrons. The molecule has 2 aromatic rings. The van der Waals surface area contributed by atoms with Crippen molar-refractivity contribution < 1.29 is 26.7 Å². The average Bonchev–Trinajstić information content (AvgIpc) is 2.62. The van der Waals surface area contributed by atoms with Gasteiger partial charge in [0.1, 0.15) is 5.75 Å². The molecule has 2 rings (SSSR count). The third-order valence-electron chi connectivity index (χ3n) is 3.78. The predicted molar refractivity (Wildman–Crippen MR) is 95.9 cm³/mol. The Morgan fingerprint density at radius 3 is 2.44 bits per heavy atom. The summed E-state index contributed by atoms with van der Waals surface area (Å²) in [6, 6.07) is 13.2. The van der Waals surface area contributed by atoms with E-state index in [-0.39, 0.29) is 17.2 Å². The van der Waals surface area contributed by atoms with Crippen molar-refractivity contribution >= 4 is 15.9 Å². The van der Waals surface area contributed by atoms with Crippen LogP contribution in [0.2, 0.25) is 0 Å². The normalized spacial score (nSPS) is 12.8. The maximum absolute atomic E-state index is 12.4. The van der Waals surface area contributed by atoms with Crippen LogP contribution in [0.25, 0.3) is 0 Å². The topological polar surface area (TPSA) is 75.7 Å². The van der Waals surface area contributed by atoms with Gasteiger partial charge in [-0.25, -0.2) is 8.42 Å². The summed E-state index contributed by atoms with van der Waals surface area (Å²) >= 11 is 0. The van der Waals surface area contributed by atoms with Crippen LogP contribution in [0.5, 0.6) is 5.75 Å². The fraction of sp³-hybridized carbons (Fsp3) is 0.278. The largest absolute Gasteiger partial charge is 0.435 e. The highest BCUT2D eigenvalue weighted by Crippen LogP contribution is 2.21. The van der Waals surface area contributed by atoms with E-state index < -0.39 is 28.6 Å². The molecule has 1 amide bonds. The highest BCUT2D eigenvalue weighted by Gasteiger charge is 2.23. The van der Waals surface area contributed by atoms with Crippen LogP contribution in [0, 0.1) is 0 Å². The number of halogens is 2. The number of rotatable bonds is 8. The number of amides is 1. The lowest BCUT2D eigenvalue weighted by molar-refractivity contribution is -0.121. The number of hydrogen-bond donors (Lipinski definition) is 1. The number of sulfonamides is 1. The summed E-state index contributed by atoms with van der Waals surface area (Å²) in [5.74, 6) is -0.544. The van der Waals surface area contributed by atoms with Gasteiger partial charge >= 0.3 is 6.61 Å². The number of carbonyl (C=O) groups excluding carboxylic acids is 1. The number of carbonyl (C=O) groups is 1. The van der Waals surface area contributed by atoms with Crippen molar-refractivity contribution in [3.63, 3.8) is 0 Å². The molecule has 0 aromatic heterocycles. The van der Waals surface area contributed by atoms with Gasteiger partial charge in [-0.2, -0.15) is 13.1 Å². The van der Waals surface area contributed by atoms with Crippen LogP contribution in [0.15, 0.2) is 59.5 Å². The fourth-order valence-electron chi connectivity index (χ4n) is 2.39. The van der Waals surface area contributed by atoms with Gasteiger partial charge in [-0.05, 0) is 36.8 Å². The molecule has 0 saturated carbocycles. The Morgan fingerprint density at radius 2 is 1.81 bits per heavy atom. The van der Waals surface area contributed by atoms with E-state index in [4.69, 9.17) is 0 Å². The molecule has 1 atom stereocenters. The number of likely N-dealkylation sites (N-methyl/N-ethyl adjacent to an activating group) is 1. The first kappa shape index (κ1) is 20.8. The molecule has 27 heavy (non-hydrogen) atoms. The predicted octanol–water partition coefficient (Wildman–Crippen LogP) is 2.79. The lowest BCUT2D eigenvalue weighted by atomic mass is 10.1. The number of ether oxygens (including phenoxy) is 1. The third-order valence-corrected chi connectivity index (χ3v) is 5.60. The Kier molecular flexibility index (Phi) is 6.86. The summed E-state index contributed by atoms with van der Waals surface area (Å²) < 4.78 is 54.7. The van der Waals surface area contributed by atoms with E-state index in [9.17, 15) is 22.0 Å². The summed E-state index contributed by atoms with van der Waals surface area (Å²) in [6.07, 6.45) is 0. The van der Waals surface area contributed by atoms with Gasteiger partial charge in [0.2, 0.25) is 15.9 Å². The van der Waals surface area contributed by atoms with Crippen LogP contribution in [0.3, 0.4) is 0 Å². The summed E-state index contributed by atoms with van der Waals surface area (Å²) in [5, 5.41) is 2.64. The first-order valence-corrected chi connectivity index (χ1v) is 9.49. The second-order valence-electron chi connectivity index (χ2n) is 5.81. The van der Waals surface area contributed by atoms with Gasteiger partial charge in [-0.3, -0.25) is 4.79 Å². The third kappa shape index (κ3) is 5.73. The SMILES string of the molecule is CC(NC(=O)CN(C)S(=O)(=O)c1ccccc1)c1cccc(OC(F)F)c1. The monoisotopic (exact) mass is 398 g/mol. The van der Waals surface area contributed by atoms with Crippen molar-refractivity contribution in [1.29, 1.82) is 0 Å².